The molecule has 0 heterocycles. The van der Waals surface area contributed by atoms with Crippen LogP contribution >= 0.6 is 0 Å². The number of aliphatic hydroxyl groups is 1. The van der Waals surface area contributed by atoms with Gasteiger partial charge in [0.1, 0.15) is 0 Å². The van der Waals surface area contributed by atoms with Crippen LogP contribution in [0.4, 0.5) is 4.79 Å². The van der Waals surface area contributed by atoms with Gasteiger partial charge in [0.15, 0.2) is 0 Å². The first-order valence-electron chi connectivity index (χ1n) is 7.48. The fourth-order valence-electron chi connectivity index (χ4n) is 3.31. The first-order chi connectivity index (χ1) is 9.56. The highest BCUT2D eigenvalue weighted by Crippen LogP contribution is 2.35. The fourth-order valence-corrected chi connectivity index (χ4v) is 3.31. The van der Waals surface area contributed by atoms with Gasteiger partial charge < -0.3 is 20.4 Å². The number of carboxylic acid groups (broad SMARTS) is 1. The molecule has 0 atom stereocenters. The maximum Gasteiger partial charge on any atom is 0.318 e. The van der Waals surface area contributed by atoms with Crippen molar-refractivity contribution in [1.29, 1.82) is 0 Å². The minimum atomic E-state index is -0.875. The minimum absolute atomic E-state index is 0.0175. The molecular weight excluding hydrogens is 260 g/mol. The Bertz CT molecular complexity index is 362. The number of amides is 2. The smallest absolute Gasteiger partial charge is 0.318 e. The minimum Gasteiger partial charge on any atom is -0.481 e. The lowest BCUT2D eigenvalue weighted by molar-refractivity contribution is -0.139. The predicted molar refractivity (Wildman–Crippen MR) is 73.4 cm³/mol. The third kappa shape index (κ3) is 3.42. The van der Waals surface area contributed by atoms with E-state index >= 15 is 0 Å². The van der Waals surface area contributed by atoms with Gasteiger partial charge in [-0.1, -0.05) is 12.8 Å². The van der Waals surface area contributed by atoms with Crippen molar-refractivity contribution < 1.29 is 19.8 Å². The first-order valence-corrected chi connectivity index (χ1v) is 7.48. The topological polar surface area (TPSA) is 89.9 Å². The molecule has 0 bridgehead atoms. The molecule has 0 aromatic carbocycles. The van der Waals surface area contributed by atoms with Crippen LogP contribution in [0.2, 0.25) is 0 Å². The van der Waals surface area contributed by atoms with Gasteiger partial charge in [0, 0.05) is 12.6 Å². The van der Waals surface area contributed by atoms with E-state index in [2.05, 4.69) is 5.32 Å². The number of aliphatic hydroxyl groups excluding tert-OH is 1. The third-order valence-electron chi connectivity index (χ3n) is 4.54. The van der Waals surface area contributed by atoms with Gasteiger partial charge in [-0.3, -0.25) is 4.79 Å². The van der Waals surface area contributed by atoms with Gasteiger partial charge >= 0.3 is 12.0 Å². The van der Waals surface area contributed by atoms with Gasteiger partial charge in [0.2, 0.25) is 0 Å². The number of aliphatic carboxylic acids is 1. The molecule has 0 unspecified atom stereocenters. The lowest BCUT2D eigenvalue weighted by atomic mass is 9.74. The Morgan fingerprint density at radius 1 is 1.20 bits per heavy atom. The first kappa shape index (κ1) is 15.1. The van der Waals surface area contributed by atoms with Crippen LogP contribution in [0.1, 0.15) is 51.4 Å². The van der Waals surface area contributed by atoms with E-state index in [-0.39, 0.29) is 25.1 Å². The van der Waals surface area contributed by atoms with E-state index in [1.165, 1.54) is 0 Å². The van der Waals surface area contributed by atoms with Gasteiger partial charge in [-0.05, 0) is 32.1 Å². The number of rotatable bonds is 6. The molecule has 0 aromatic rings. The van der Waals surface area contributed by atoms with Crippen molar-refractivity contribution in [2.45, 2.75) is 62.9 Å². The monoisotopic (exact) mass is 284 g/mol. The van der Waals surface area contributed by atoms with Crippen molar-refractivity contribution in [3.63, 3.8) is 0 Å². The third-order valence-corrected chi connectivity index (χ3v) is 4.54. The van der Waals surface area contributed by atoms with Crippen molar-refractivity contribution in [3.8, 4) is 0 Å². The molecule has 0 radical (unpaired) electrons. The quantitative estimate of drug-likeness (QED) is 0.686. The number of carboxylic acids is 1. The number of carbonyl (C=O) groups is 2. The van der Waals surface area contributed by atoms with Gasteiger partial charge in [0.05, 0.1) is 18.6 Å². The zero-order chi connectivity index (χ0) is 14.6. The highest BCUT2D eigenvalue weighted by Gasteiger charge is 2.42. The van der Waals surface area contributed by atoms with Gasteiger partial charge in [0.25, 0.3) is 0 Å². The summed E-state index contributed by atoms with van der Waals surface area (Å²) in [6.45, 7) is 0.259. The summed E-state index contributed by atoms with van der Waals surface area (Å²) in [5, 5.41) is 21.0. The average Bonchev–Trinajstić information content (AvgIpc) is 2.85. The van der Waals surface area contributed by atoms with Crippen LogP contribution in [-0.4, -0.2) is 51.8 Å². The van der Waals surface area contributed by atoms with E-state index in [0.717, 1.165) is 44.9 Å². The molecule has 2 aliphatic carbocycles. The lowest BCUT2D eigenvalue weighted by Gasteiger charge is -2.43. The summed E-state index contributed by atoms with van der Waals surface area (Å²) in [6.07, 6.45) is 6.55. The summed E-state index contributed by atoms with van der Waals surface area (Å²) in [6, 6.07) is -0.0315. The molecule has 20 heavy (non-hydrogen) atoms. The van der Waals surface area contributed by atoms with Crippen LogP contribution in [0.15, 0.2) is 0 Å². The summed E-state index contributed by atoms with van der Waals surface area (Å²) in [4.78, 5) is 25.0. The number of carbonyl (C=O) groups excluding carboxylic acids is 1. The van der Waals surface area contributed by atoms with E-state index in [9.17, 15) is 9.59 Å². The lowest BCUT2D eigenvalue weighted by Crippen LogP contribution is -2.59. The number of urea groups is 1. The number of nitrogens with one attached hydrogen (secondary N) is 1. The molecule has 114 valence electrons. The molecule has 0 aliphatic heterocycles. The normalized spacial score (nSPS) is 21.2. The fraction of sp³-hybridized carbons (Fsp3) is 0.857. The largest absolute Gasteiger partial charge is 0.481 e. The molecule has 3 N–H and O–H groups in total. The molecule has 2 fully saturated rings. The molecule has 0 aromatic heterocycles. The SMILES string of the molecule is O=C(O)CC1(NC(=O)N(CCO)C2CCCC2)CCC1. The number of hydrogen-bond acceptors (Lipinski definition) is 3. The maximum atomic E-state index is 12.4. The van der Waals surface area contributed by atoms with E-state index in [1.54, 1.807) is 4.90 Å². The average molecular weight is 284 g/mol. The molecule has 2 saturated carbocycles. The summed E-state index contributed by atoms with van der Waals surface area (Å²) in [7, 11) is 0. The van der Waals surface area contributed by atoms with E-state index in [1.807, 2.05) is 0 Å². The molecule has 2 rings (SSSR count). The van der Waals surface area contributed by atoms with Crippen LogP contribution in [-0.2, 0) is 4.79 Å². The molecule has 0 saturated heterocycles. The summed E-state index contributed by atoms with van der Waals surface area (Å²) < 4.78 is 0. The molecule has 6 nitrogen and oxygen atoms in total. The number of hydrogen-bond donors (Lipinski definition) is 3. The van der Waals surface area contributed by atoms with Gasteiger partial charge in [-0.15, -0.1) is 0 Å². The van der Waals surface area contributed by atoms with Crippen LogP contribution in [0, 0.1) is 0 Å². The molecule has 2 amide bonds. The zero-order valence-electron chi connectivity index (χ0n) is 11.8. The van der Waals surface area contributed by atoms with Crippen molar-refractivity contribution in [2.24, 2.45) is 0 Å². The van der Waals surface area contributed by atoms with Gasteiger partial charge in [-0.25, -0.2) is 4.79 Å². The molecular formula is C14H24N2O4. The van der Waals surface area contributed by atoms with Crippen LogP contribution < -0.4 is 5.32 Å². The van der Waals surface area contributed by atoms with E-state index in [4.69, 9.17) is 10.2 Å². The Balaban J connectivity index is 1.97. The van der Waals surface area contributed by atoms with Crippen LogP contribution in [0.3, 0.4) is 0 Å². The standard InChI is InChI=1S/C14H24N2O4/c17-9-8-16(11-4-1-2-5-11)13(20)15-14(6-3-7-14)10-12(18)19/h11,17H,1-10H2,(H,15,20)(H,18,19). The summed E-state index contributed by atoms with van der Waals surface area (Å²) in [5.41, 5.74) is -0.574. The van der Waals surface area contributed by atoms with Crippen LogP contribution in [0.25, 0.3) is 0 Å². The van der Waals surface area contributed by atoms with Crippen LogP contribution in [0.5, 0.6) is 0 Å². The Hall–Kier alpha value is -1.30. The molecule has 2 aliphatic rings. The Kier molecular flexibility index (Phi) is 4.86. The molecule has 6 heteroatoms. The van der Waals surface area contributed by atoms with E-state index < -0.39 is 11.5 Å². The zero-order valence-corrected chi connectivity index (χ0v) is 11.8. The summed E-state index contributed by atoms with van der Waals surface area (Å²) >= 11 is 0. The Morgan fingerprint density at radius 3 is 2.30 bits per heavy atom. The van der Waals surface area contributed by atoms with E-state index in [0.29, 0.717) is 6.54 Å². The van der Waals surface area contributed by atoms with Gasteiger partial charge in [-0.2, -0.15) is 0 Å². The van der Waals surface area contributed by atoms with Crippen molar-refractivity contribution >= 4 is 12.0 Å². The Morgan fingerprint density at radius 2 is 1.85 bits per heavy atom. The van der Waals surface area contributed by atoms with Crippen molar-refractivity contribution in [1.82, 2.24) is 10.2 Å². The maximum absolute atomic E-state index is 12.4. The highest BCUT2D eigenvalue weighted by molar-refractivity contribution is 5.77. The Labute approximate surface area is 119 Å². The number of nitrogens with zero attached hydrogens (tertiary/aromatic N) is 1. The van der Waals surface area contributed by atoms with Crippen molar-refractivity contribution in [3.05, 3.63) is 0 Å². The second kappa shape index (κ2) is 6.43. The second-order valence-corrected chi connectivity index (χ2v) is 5.99. The van der Waals surface area contributed by atoms with Crippen molar-refractivity contribution in [2.75, 3.05) is 13.2 Å². The molecule has 0 spiro atoms. The second-order valence-electron chi connectivity index (χ2n) is 5.99. The summed E-state index contributed by atoms with van der Waals surface area (Å²) in [5.74, 6) is -0.875. The predicted octanol–water partition coefficient (Wildman–Crippen LogP) is 1.33. The highest BCUT2D eigenvalue weighted by atomic mass is 16.4.